The van der Waals surface area contributed by atoms with Crippen LogP contribution in [0.3, 0.4) is 0 Å². The summed E-state index contributed by atoms with van der Waals surface area (Å²) in [5, 5.41) is 3.65. The summed E-state index contributed by atoms with van der Waals surface area (Å²) in [4.78, 5) is 32.8. The Hall–Kier alpha value is -2.41. The molecular weight excluding hydrogens is 395 g/mol. The zero-order valence-electron chi connectivity index (χ0n) is 18.1. The van der Waals surface area contributed by atoms with Crippen molar-refractivity contribution in [2.24, 2.45) is 0 Å². The van der Waals surface area contributed by atoms with Crippen molar-refractivity contribution in [1.82, 2.24) is 20.1 Å². The first-order valence-electron chi connectivity index (χ1n) is 11.6. The number of halogens is 1. The van der Waals surface area contributed by atoms with Crippen molar-refractivity contribution >= 4 is 22.7 Å². The molecular formula is C24H31FN4O2. The van der Waals surface area contributed by atoms with E-state index in [9.17, 15) is 14.0 Å². The normalized spacial score (nSPS) is 27.4. The van der Waals surface area contributed by atoms with E-state index < -0.39 is 0 Å². The lowest BCUT2D eigenvalue weighted by Gasteiger charge is -2.48. The lowest BCUT2D eigenvalue weighted by atomic mass is 9.88. The number of piperidine rings is 1. The van der Waals surface area contributed by atoms with Crippen LogP contribution >= 0.6 is 0 Å². The van der Waals surface area contributed by atoms with Gasteiger partial charge in [0.1, 0.15) is 11.5 Å². The minimum Gasteiger partial charge on any atom is -0.350 e. The van der Waals surface area contributed by atoms with Gasteiger partial charge in [0.05, 0.1) is 5.52 Å². The predicted molar refractivity (Wildman–Crippen MR) is 117 cm³/mol. The number of aromatic nitrogens is 1. The Morgan fingerprint density at radius 3 is 2.84 bits per heavy atom. The minimum absolute atomic E-state index is 0.120. The quantitative estimate of drug-likeness (QED) is 0.791. The molecule has 3 heterocycles. The molecule has 1 aliphatic carbocycles. The molecule has 3 fully saturated rings. The highest BCUT2D eigenvalue weighted by Gasteiger charge is 2.37. The number of amides is 2. The lowest BCUT2D eigenvalue weighted by Crippen LogP contribution is -2.60. The van der Waals surface area contributed by atoms with Gasteiger partial charge >= 0.3 is 0 Å². The third-order valence-corrected chi connectivity index (χ3v) is 7.45. The topological polar surface area (TPSA) is 68.4 Å². The number of hydrogen-bond donors (Lipinski definition) is 2. The molecule has 31 heavy (non-hydrogen) atoms. The molecule has 3 atom stereocenters. The maximum Gasteiger partial charge on any atom is 0.267 e. The smallest absolute Gasteiger partial charge is 0.267 e. The molecule has 2 amide bonds. The zero-order valence-corrected chi connectivity index (χ0v) is 18.1. The van der Waals surface area contributed by atoms with Crippen LogP contribution in [0, 0.1) is 12.7 Å². The minimum atomic E-state index is -0.311. The molecule has 2 aromatic rings. The van der Waals surface area contributed by atoms with Crippen molar-refractivity contribution in [1.29, 1.82) is 0 Å². The highest BCUT2D eigenvalue weighted by atomic mass is 19.1. The van der Waals surface area contributed by atoms with Gasteiger partial charge in [0.2, 0.25) is 5.91 Å². The van der Waals surface area contributed by atoms with Gasteiger partial charge in [-0.05, 0) is 63.1 Å². The number of hydrogen-bond acceptors (Lipinski definition) is 3. The van der Waals surface area contributed by atoms with Gasteiger partial charge in [-0.1, -0.05) is 6.07 Å². The van der Waals surface area contributed by atoms with Gasteiger partial charge < -0.3 is 15.2 Å². The first-order valence-corrected chi connectivity index (χ1v) is 11.6. The number of fused-ring (bicyclic) bond motifs is 2. The Kier molecular flexibility index (Phi) is 5.46. The van der Waals surface area contributed by atoms with Crippen LogP contribution in [0.2, 0.25) is 0 Å². The number of nitrogens with one attached hydrogen (secondary N) is 2. The molecule has 0 radical (unpaired) electrons. The molecule has 2 saturated heterocycles. The molecule has 3 aliphatic rings. The molecule has 0 bridgehead atoms. The molecule has 2 aliphatic heterocycles. The van der Waals surface area contributed by atoms with E-state index in [2.05, 4.69) is 20.1 Å². The molecule has 0 unspecified atom stereocenters. The molecule has 5 rings (SSSR count). The average Bonchev–Trinajstić information content (AvgIpc) is 3.24. The second kappa shape index (κ2) is 8.26. The van der Waals surface area contributed by atoms with Gasteiger partial charge in [-0.15, -0.1) is 0 Å². The second-order valence-electron chi connectivity index (χ2n) is 9.45. The summed E-state index contributed by atoms with van der Waals surface area (Å²) in [5.41, 5.74) is 2.03. The Morgan fingerprint density at radius 1 is 1.16 bits per heavy atom. The number of H-pyrrole nitrogens is 1. The lowest BCUT2D eigenvalue weighted by molar-refractivity contribution is -0.140. The molecule has 1 aromatic carbocycles. The first kappa shape index (κ1) is 20.5. The highest BCUT2D eigenvalue weighted by Crippen LogP contribution is 2.29. The fourth-order valence-electron chi connectivity index (χ4n) is 5.76. The zero-order chi connectivity index (χ0) is 21.5. The predicted octanol–water partition coefficient (Wildman–Crippen LogP) is 3.35. The van der Waals surface area contributed by atoms with E-state index in [-0.39, 0.29) is 17.8 Å². The molecule has 0 spiro atoms. The van der Waals surface area contributed by atoms with Crippen molar-refractivity contribution in [3.63, 3.8) is 0 Å². The van der Waals surface area contributed by atoms with Gasteiger partial charge in [-0.25, -0.2) is 4.39 Å². The Bertz CT molecular complexity index is 964. The Morgan fingerprint density at radius 2 is 2.00 bits per heavy atom. The van der Waals surface area contributed by atoms with Crippen molar-refractivity contribution in [2.45, 2.75) is 70.0 Å². The van der Waals surface area contributed by atoms with Crippen LogP contribution < -0.4 is 5.32 Å². The molecule has 6 nitrogen and oxygen atoms in total. The molecule has 1 saturated carbocycles. The van der Waals surface area contributed by atoms with E-state index in [4.69, 9.17) is 0 Å². The molecule has 7 heteroatoms. The second-order valence-corrected chi connectivity index (χ2v) is 9.45. The third kappa shape index (κ3) is 3.95. The van der Waals surface area contributed by atoms with E-state index in [0.29, 0.717) is 41.0 Å². The fourth-order valence-corrected chi connectivity index (χ4v) is 5.76. The number of rotatable bonds is 3. The van der Waals surface area contributed by atoms with E-state index in [0.717, 1.165) is 63.7 Å². The molecule has 2 N–H and O–H groups in total. The number of aromatic amines is 1. The number of aryl methyl sites for hydroxylation is 1. The van der Waals surface area contributed by atoms with E-state index in [1.165, 1.54) is 6.07 Å². The maximum atomic E-state index is 14.1. The van der Waals surface area contributed by atoms with Gasteiger partial charge in [0.15, 0.2) is 0 Å². The number of carbonyl (C=O) groups excluding carboxylic acids is 2. The maximum absolute atomic E-state index is 14.1. The number of benzene rings is 1. The summed E-state index contributed by atoms with van der Waals surface area (Å²) < 4.78 is 14.1. The van der Waals surface area contributed by atoms with Crippen molar-refractivity contribution in [2.75, 3.05) is 19.6 Å². The summed E-state index contributed by atoms with van der Waals surface area (Å²) >= 11 is 0. The molecule has 166 valence electrons. The fraction of sp³-hybridized carbons (Fsp3) is 0.583. The summed E-state index contributed by atoms with van der Waals surface area (Å²) in [6.07, 6.45) is 6.93. The Labute approximate surface area is 182 Å². The van der Waals surface area contributed by atoms with Crippen LogP contribution in [0.1, 0.15) is 61.0 Å². The summed E-state index contributed by atoms with van der Waals surface area (Å²) in [6, 6.07) is 5.71. The van der Waals surface area contributed by atoms with Crippen molar-refractivity contribution in [3.05, 3.63) is 35.3 Å². The van der Waals surface area contributed by atoms with E-state index in [1.807, 2.05) is 6.92 Å². The summed E-state index contributed by atoms with van der Waals surface area (Å²) in [7, 11) is 0. The van der Waals surface area contributed by atoms with Crippen LogP contribution in [-0.2, 0) is 4.79 Å². The molecule has 1 aromatic heterocycles. The first-order chi connectivity index (χ1) is 15.0. The average molecular weight is 427 g/mol. The van der Waals surface area contributed by atoms with Crippen LogP contribution in [0.4, 0.5) is 4.39 Å². The number of piperazine rings is 1. The van der Waals surface area contributed by atoms with Crippen molar-refractivity contribution in [3.8, 4) is 0 Å². The van der Waals surface area contributed by atoms with Crippen LogP contribution in [0.25, 0.3) is 10.9 Å². The largest absolute Gasteiger partial charge is 0.350 e. The Balaban J connectivity index is 1.23. The van der Waals surface area contributed by atoms with E-state index >= 15 is 0 Å². The summed E-state index contributed by atoms with van der Waals surface area (Å²) in [5.74, 6) is -0.160. The monoisotopic (exact) mass is 426 g/mol. The van der Waals surface area contributed by atoms with Crippen LogP contribution in [-0.4, -0.2) is 64.4 Å². The standard InChI is InChI=1S/C24H31FN4O2/c1-15-8-9-20(25)19-13-21(27-23(15)19)24(31)26-16-4-2-5-17(12-16)28-10-11-29-18(14-28)6-3-7-22(29)30/h8-9,13,16-18,27H,2-7,10-12,14H2,1H3,(H,26,31)/t16-,17+,18-/m1/s1. The van der Waals surface area contributed by atoms with Gasteiger partial charge in [-0.2, -0.15) is 0 Å². The SMILES string of the molecule is Cc1ccc(F)c2cc(C(=O)N[C@@H]3CCC[C@H](N4CCN5C(=O)CCC[C@@H]5C4)C3)[nH]c12. The third-order valence-electron chi connectivity index (χ3n) is 7.45. The van der Waals surface area contributed by atoms with E-state index in [1.54, 1.807) is 12.1 Å². The van der Waals surface area contributed by atoms with Crippen LogP contribution in [0.5, 0.6) is 0 Å². The van der Waals surface area contributed by atoms with Gasteiger partial charge in [-0.3, -0.25) is 14.5 Å². The van der Waals surface area contributed by atoms with Crippen LogP contribution in [0.15, 0.2) is 18.2 Å². The van der Waals surface area contributed by atoms with Gasteiger partial charge in [0, 0.05) is 49.6 Å². The van der Waals surface area contributed by atoms with Gasteiger partial charge in [0.25, 0.3) is 5.91 Å². The highest BCUT2D eigenvalue weighted by molar-refractivity contribution is 5.99. The van der Waals surface area contributed by atoms with Crippen molar-refractivity contribution < 1.29 is 14.0 Å². The number of carbonyl (C=O) groups is 2. The number of nitrogens with zero attached hydrogens (tertiary/aromatic N) is 2. The summed E-state index contributed by atoms with van der Waals surface area (Å²) in [6.45, 7) is 4.62.